The van der Waals surface area contributed by atoms with Gasteiger partial charge in [-0.15, -0.1) is 0 Å². The number of carbonyl (C=O) groups is 2. The quantitative estimate of drug-likeness (QED) is 0.298. The van der Waals surface area contributed by atoms with E-state index in [-0.39, 0.29) is 6.42 Å². The molecule has 1 amide bonds. The Balaban J connectivity index is 1.46. The summed E-state index contributed by atoms with van der Waals surface area (Å²) in [5.74, 6) is -1.51. The highest BCUT2D eigenvalue weighted by Crippen LogP contribution is 2.30. The van der Waals surface area contributed by atoms with E-state index < -0.39 is 17.9 Å². The molecule has 1 atom stereocenters. The minimum absolute atomic E-state index is 0.157. The van der Waals surface area contributed by atoms with Crippen molar-refractivity contribution in [2.24, 2.45) is 0 Å². The molecule has 0 bridgehead atoms. The molecule has 0 spiro atoms. The first-order chi connectivity index (χ1) is 17.6. The first-order valence-electron chi connectivity index (χ1n) is 11.8. The van der Waals surface area contributed by atoms with E-state index in [0.717, 1.165) is 27.1 Å². The maximum Gasteiger partial charge on any atom is 0.326 e. The predicted octanol–water partition coefficient (Wildman–Crippen LogP) is 6.12. The molecule has 0 aliphatic carbocycles. The van der Waals surface area contributed by atoms with Crippen molar-refractivity contribution in [2.45, 2.75) is 12.5 Å². The molecule has 6 aromatic rings. The molecular formula is C31H22N2O3. The summed E-state index contributed by atoms with van der Waals surface area (Å²) in [5.41, 5.74) is 2.72. The molecule has 36 heavy (non-hydrogen) atoms. The summed E-state index contributed by atoms with van der Waals surface area (Å²) in [5, 5.41) is 18.4. The number of aromatic nitrogens is 1. The number of para-hydroxylation sites is 2. The second-order valence-corrected chi connectivity index (χ2v) is 8.89. The molecule has 5 aromatic carbocycles. The summed E-state index contributed by atoms with van der Waals surface area (Å²) < 4.78 is 0. The standard InChI is InChI=1S/C31H22N2O3/c34-30(29-23-13-5-7-15-26(23)32-27-16-8-6-14-24(27)29)33-28(31(35)36)18-25-21-11-3-1-9-19(21)17-20-10-2-4-12-22(20)25/h1-17,28H,18H2,(H,33,34)(H,35,36)/t28-/m1/s1. The molecule has 0 aliphatic heterocycles. The smallest absolute Gasteiger partial charge is 0.326 e. The third kappa shape index (κ3) is 3.71. The highest BCUT2D eigenvalue weighted by atomic mass is 16.4. The van der Waals surface area contributed by atoms with Crippen LogP contribution in [0.25, 0.3) is 43.4 Å². The summed E-state index contributed by atoms with van der Waals surface area (Å²) in [6.07, 6.45) is 0.157. The highest BCUT2D eigenvalue weighted by molar-refractivity contribution is 6.16. The Labute approximate surface area is 207 Å². The van der Waals surface area contributed by atoms with E-state index in [1.54, 1.807) is 0 Å². The van der Waals surface area contributed by atoms with E-state index >= 15 is 0 Å². The Morgan fingerprint density at radius 2 is 1.17 bits per heavy atom. The van der Waals surface area contributed by atoms with E-state index in [4.69, 9.17) is 0 Å². The number of pyridine rings is 1. The van der Waals surface area contributed by atoms with E-state index in [9.17, 15) is 14.7 Å². The van der Waals surface area contributed by atoms with Crippen LogP contribution in [-0.2, 0) is 11.2 Å². The molecule has 0 aliphatic rings. The Bertz CT molecular complexity index is 1700. The number of rotatable bonds is 5. The van der Waals surface area contributed by atoms with Gasteiger partial charge in [0.2, 0.25) is 0 Å². The number of hydrogen-bond acceptors (Lipinski definition) is 3. The van der Waals surface area contributed by atoms with Crippen molar-refractivity contribution in [3.63, 3.8) is 0 Å². The number of aliphatic carboxylic acids is 1. The van der Waals surface area contributed by atoms with E-state index in [2.05, 4.69) is 16.4 Å². The second-order valence-electron chi connectivity index (χ2n) is 8.89. The van der Waals surface area contributed by atoms with Gasteiger partial charge in [-0.25, -0.2) is 9.78 Å². The monoisotopic (exact) mass is 470 g/mol. The number of carboxylic acid groups (broad SMARTS) is 1. The van der Waals surface area contributed by atoms with Gasteiger partial charge < -0.3 is 10.4 Å². The van der Waals surface area contributed by atoms with Crippen LogP contribution < -0.4 is 5.32 Å². The van der Waals surface area contributed by atoms with Gasteiger partial charge in [-0.1, -0.05) is 84.9 Å². The fourth-order valence-corrected chi connectivity index (χ4v) is 5.05. The average molecular weight is 471 g/mol. The van der Waals surface area contributed by atoms with Crippen LogP contribution in [0.5, 0.6) is 0 Å². The van der Waals surface area contributed by atoms with Crippen molar-refractivity contribution in [1.29, 1.82) is 0 Å². The van der Waals surface area contributed by atoms with Gasteiger partial charge in [0.1, 0.15) is 6.04 Å². The van der Waals surface area contributed by atoms with Crippen molar-refractivity contribution in [3.05, 3.63) is 114 Å². The van der Waals surface area contributed by atoms with Crippen molar-refractivity contribution >= 4 is 55.2 Å². The van der Waals surface area contributed by atoms with Crippen LogP contribution in [0.2, 0.25) is 0 Å². The lowest BCUT2D eigenvalue weighted by Crippen LogP contribution is -2.42. The first-order valence-corrected chi connectivity index (χ1v) is 11.8. The molecule has 0 fully saturated rings. The van der Waals surface area contributed by atoms with Crippen molar-refractivity contribution in [2.75, 3.05) is 0 Å². The predicted molar refractivity (Wildman–Crippen MR) is 143 cm³/mol. The van der Waals surface area contributed by atoms with Crippen LogP contribution in [0.1, 0.15) is 15.9 Å². The summed E-state index contributed by atoms with van der Waals surface area (Å²) in [6.45, 7) is 0. The Morgan fingerprint density at radius 1 is 0.694 bits per heavy atom. The number of carbonyl (C=O) groups excluding carboxylic acids is 1. The number of hydrogen-bond donors (Lipinski definition) is 2. The van der Waals surface area contributed by atoms with Crippen molar-refractivity contribution in [3.8, 4) is 0 Å². The largest absolute Gasteiger partial charge is 0.480 e. The lowest BCUT2D eigenvalue weighted by atomic mass is 9.92. The van der Waals surface area contributed by atoms with Gasteiger partial charge in [-0.2, -0.15) is 0 Å². The summed E-state index contributed by atoms with van der Waals surface area (Å²) in [6, 6.07) is 31.7. The fraction of sp³-hybridized carbons (Fsp3) is 0.0645. The average Bonchev–Trinajstić information content (AvgIpc) is 2.90. The Morgan fingerprint density at radius 3 is 1.69 bits per heavy atom. The maximum absolute atomic E-state index is 13.7. The number of nitrogens with one attached hydrogen (secondary N) is 1. The molecule has 2 N–H and O–H groups in total. The molecular weight excluding hydrogens is 448 g/mol. The van der Waals surface area contributed by atoms with Crippen LogP contribution >= 0.6 is 0 Å². The maximum atomic E-state index is 13.7. The molecule has 0 radical (unpaired) electrons. The van der Waals surface area contributed by atoms with Gasteiger partial charge in [-0.3, -0.25) is 4.79 Å². The third-order valence-corrected chi connectivity index (χ3v) is 6.71. The first kappa shape index (κ1) is 21.7. The number of nitrogens with zero attached hydrogens (tertiary/aromatic N) is 1. The molecule has 5 nitrogen and oxygen atoms in total. The minimum Gasteiger partial charge on any atom is -0.480 e. The van der Waals surface area contributed by atoms with Crippen molar-refractivity contribution < 1.29 is 14.7 Å². The number of benzene rings is 5. The van der Waals surface area contributed by atoms with E-state index in [1.807, 2.05) is 97.1 Å². The molecule has 1 heterocycles. The Hall–Kier alpha value is -4.77. The van der Waals surface area contributed by atoms with Gasteiger partial charge in [-0.05, 0) is 45.3 Å². The van der Waals surface area contributed by atoms with Crippen LogP contribution in [0, 0.1) is 0 Å². The van der Waals surface area contributed by atoms with Crippen LogP contribution in [-0.4, -0.2) is 28.0 Å². The van der Waals surface area contributed by atoms with Crippen molar-refractivity contribution in [1.82, 2.24) is 10.3 Å². The zero-order valence-electron chi connectivity index (χ0n) is 19.3. The second kappa shape index (κ2) is 8.78. The fourth-order valence-electron chi connectivity index (χ4n) is 5.05. The van der Waals surface area contributed by atoms with Gasteiger partial charge in [0.25, 0.3) is 5.91 Å². The highest BCUT2D eigenvalue weighted by Gasteiger charge is 2.25. The molecule has 1 aromatic heterocycles. The van der Waals surface area contributed by atoms with E-state index in [1.165, 1.54) is 0 Å². The van der Waals surface area contributed by atoms with Gasteiger partial charge in [0.15, 0.2) is 0 Å². The molecule has 0 unspecified atom stereocenters. The van der Waals surface area contributed by atoms with Crippen LogP contribution in [0.4, 0.5) is 0 Å². The van der Waals surface area contributed by atoms with Crippen LogP contribution in [0.3, 0.4) is 0 Å². The third-order valence-electron chi connectivity index (χ3n) is 6.71. The molecule has 6 rings (SSSR count). The molecule has 174 valence electrons. The Kier molecular flexibility index (Phi) is 5.30. The number of fused-ring (bicyclic) bond motifs is 4. The summed E-state index contributed by atoms with van der Waals surface area (Å²) >= 11 is 0. The lowest BCUT2D eigenvalue weighted by molar-refractivity contribution is -0.139. The lowest BCUT2D eigenvalue weighted by Gasteiger charge is -2.19. The zero-order valence-corrected chi connectivity index (χ0v) is 19.3. The SMILES string of the molecule is O=C(N[C@H](Cc1c2ccccc2cc2ccccc12)C(=O)O)c1c2ccccc2nc2ccccc12. The zero-order chi connectivity index (χ0) is 24.6. The van der Waals surface area contributed by atoms with E-state index in [0.29, 0.717) is 27.4 Å². The number of amides is 1. The van der Waals surface area contributed by atoms with Gasteiger partial charge in [0, 0.05) is 17.2 Å². The van der Waals surface area contributed by atoms with Gasteiger partial charge in [0.05, 0.1) is 16.6 Å². The molecule has 0 saturated heterocycles. The summed E-state index contributed by atoms with van der Waals surface area (Å²) in [4.78, 5) is 30.8. The van der Waals surface area contributed by atoms with Crippen LogP contribution in [0.15, 0.2) is 103 Å². The van der Waals surface area contributed by atoms with Gasteiger partial charge >= 0.3 is 5.97 Å². The molecule has 5 heteroatoms. The minimum atomic E-state index is -1.11. The normalized spacial score (nSPS) is 12.2. The topological polar surface area (TPSA) is 79.3 Å². The molecule has 0 saturated carbocycles. The summed E-state index contributed by atoms with van der Waals surface area (Å²) in [7, 11) is 0. The number of carboxylic acids is 1.